The zero-order chi connectivity index (χ0) is 18.2. The predicted molar refractivity (Wildman–Crippen MR) is 82.8 cm³/mol. The zero-order valence-corrected chi connectivity index (χ0v) is 12.9. The van der Waals surface area contributed by atoms with Gasteiger partial charge in [-0.25, -0.2) is 9.07 Å². The van der Waals surface area contributed by atoms with Crippen molar-refractivity contribution in [3.05, 3.63) is 54.5 Å². The molecule has 2 aromatic rings. The Labute approximate surface area is 140 Å². The molecule has 1 aliphatic rings. The SMILES string of the molecule is C=CC(=O)N[C@@H]1CN(c2ccc(C(F)(F)F)cc2F)c2ccnn2C1. The molecule has 0 bridgehead atoms. The van der Waals surface area contributed by atoms with E-state index in [1.807, 2.05) is 0 Å². The summed E-state index contributed by atoms with van der Waals surface area (Å²) in [5.74, 6) is -0.866. The molecule has 0 fully saturated rings. The number of hydrogen-bond donors (Lipinski definition) is 1. The zero-order valence-electron chi connectivity index (χ0n) is 12.9. The molecule has 0 spiro atoms. The summed E-state index contributed by atoms with van der Waals surface area (Å²) in [5, 5.41) is 6.79. The number of benzene rings is 1. The van der Waals surface area contributed by atoms with E-state index in [2.05, 4.69) is 17.0 Å². The maximum Gasteiger partial charge on any atom is 0.416 e. The van der Waals surface area contributed by atoms with Gasteiger partial charge in [0.2, 0.25) is 5.91 Å². The van der Waals surface area contributed by atoms with Gasteiger partial charge in [-0.15, -0.1) is 0 Å². The largest absolute Gasteiger partial charge is 0.416 e. The van der Waals surface area contributed by atoms with E-state index in [1.165, 1.54) is 11.1 Å². The van der Waals surface area contributed by atoms with Crippen molar-refractivity contribution < 1.29 is 22.4 Å². The molecule has 1 aliphatic heterocycles. The number of nitrogens with zero attached hydrogens (tertiary/aromatic N) is 3. The molecular formula is C16H14F4N4O. The van der Waals surface area contributed by atoms with E-state index < -0.39 is 29.5 Å². The van der Waals surface area contributed by atoms with Crippen LogP contribution in [0, 0.1) is 5.82 Å². The van der Waals surface area contributed by atoms with Gasteiger partial charge in [0.05, 0.1) is 30.0 Å². The van der Waals surface area contributed by atoms with E-state index in [0.717, 1.165) is 18.2 Å². The van der Waals surface area contributed by atoms with Crippen LogP contribution in [0.5, 0.6) is 0 Å². The van der Waals surface area contributed by atoms with E-state index in [4.69, 9.17) is 0 Å². The van der Waals surface area contributed by atoms with Crippen molar-refractivity contribution in [3.8, 4) is 0 Å². The fraction of sp³-hybridized carbons (Fsp3) is 0.250. The van der Waals surface area contributed by atoms with Gasteiger partial charge < -0.3 is 10.2 Å². The third-order valence-electron chi connectivity index (χ3n) is 3.86. The number of amides is 1. The van der Waals surface area contributed by atoms with Gasteiger partial charge >= 0.3 is 6.18 Å². The topological polar surface area (TPSA) is 50.2 Å². The number of alkyl halides is 3. The number of carbonyl (C=O) groups is 1. The smallest absolute Gasteiger partial charge is 0.346 e. The van der Waals surface area contributed by atoms with E-state index in [-0.39, 0.29) is 12.2 Å². The van der Waals surface area contributed by atoms with Crippen LogP contribution >= 0.6 is 0 Å². The van der Waals surface area contributed by atoms with Crippen LogP contribution in [0.2, 0.25) is 0 Å². The number of rotatable bonds is 3. The molecule has 0 saturated carbocycles. The summed E-state index contributed by atoms with van der Waals surface area (Å²) in [6.07, 6.45) is -2.01. The lowest BCUT2D eigenvalue weighted by atomic mass is 10.1. The Kier molecular flexibility index (Phi) is 4.23. The van der Waals surface area contributed by atoms with Crippen molar-refractivity contribution >= 4 is 17.4 Å². The summed E-state index contributed by atoms with van der Waals surface area (Å²) in [6, 6.07) is 3.59. The minimum atomic E-state index is -4.62. The van der Waals surface area contributed by atoms with Crippen LogP contribution in [-0.2, 0) is 17.5 Å². The monoisotopic (exact) mass is 354 g/mol. The lowest BCUT2D eigenvalue weighted by molar-refractivity contribution is -0.137. The molecule has 2 heterocycles. The number of fused-ring (bicyclic) bond motifs is 1. The van der Waals surface area contributed by atoms with E-state index in [9.17, 15) is 22.4 Å². The predicted octanol–water partition coefficient (Wildman–Crippen LogP) is 2.86. The molecule has 132 valence electrons. The summed E-state index contributed by atoms with van der Waals surface area (Å²) in [5.41, 5.74) is -1.08. The van der Waals surface area contributed by atoms with Crippen molar-refractivity contribution in [2.24, 2.45) is 0 Å². The second-order valence-corrected chi connectivity index (χ2v) is 5.56. The number of nitrogens with one attached hydrogen (secondary N) is 1. The molecule has 1 N–H and O–H groups in total. The summed E-state index contributed by atoms with van der Waals surface area (Å²) < 4.78 is 54.1. The maximum atomic E-state index is 14.3. The lowest BCUT2D eigenvalue weighted by Crippen LogP contribution is -2.48. The Hall–Kier alpha value is -2.84. The van der Waals surface area contributed by atoms with Crippen LogP contribution in [0.25, 0.3) is 0 Å². The minimum Gasteiger partial charge on any atom is -0.346 e. The average molecular weight is 354 g/mol. The van der Waals surface area contributed by atoms with Crippen LogP contribution in [-0.4, -0.2) is 28.3 Å². The van der Waals surface area contributed by atoms with Gasteiger partial charge in [0, 0.05) is 12.6 Å². The average Bonchev–Trinajstić information content (AvgIpc) is 3.01. The summed E-state index contributed by atoms with van der Waals surface area (Å²) in [6.45, 7) is 3.92. The molecule has 9 heteroatoms. The van der Waals surface area contributed by atoms with Gasteiger partial charge in [-0.2, -0.15) is 18.3 Å². The van der Waals surface area contributed by atoms with Gasteiger partial charge in [0.1, 0.15) is 11.6 Å². The van der Waals surface area contributed by atoms with Crippen molar-refractivity contribution in [2.45, 2.75) is 18.8 Å². The van der Waals surface area contributed by atoms with Crippen LogP contribution in [0.1, 0.15) is 5.56 Å². The van der Waals surface area contributed by atoms with Gasteiger partial charge in [-0.1, -0.05) is 6.58 Å². The Balaban J connectivity index is 1.95. The molecule has 25 heavy (non-hydrogen) atoms. The highest BCUT2D eigenvalue weighted by atomic mass is 19.4. The Bertz CT molecular complexity index is 815. The minimum absolute atomic E-state index is 0.0210. The summed E-state index contributed by atoms with van der Waals surface area (Å²) >= 11 is 0. The van der Waals surface area contributed by atoms with E-state index in [0.29, 0.717) is 18.4 Å². The molecule has 3 rings (SSSR count). The molecule has 1 atom stereocenters. The third-order valence-corrected chi connectivity index (χ3v) is 3.86. The Morgan fingerprint density at radius 3 is 2.72 bits per heavy atom. The molecule has 1 aromatic carbocycles. The third kappa shape index (κ3) is 3.35. The first-order chi connectivity index (χ1) is 11.8. The number of hydrogen-bond acceptors (Lipinski definition) is 3. The highest BCUT2D eigenvalue weighted by Gasteiger charge is 2.33. The molecule has 0 unspecified atom stereocenters. The van der Waals surface area contributed by atoms with Gasteiger partial charge in [-0.05, 0) is 24.3 Å². The van der Waals surface area contributed by atoms with Gasteiger partial charge in [0.25, 0.3) is 0 Å². The van der Waals surface area contributed by atoms with Gasteiger partial charge in [-0.3, -0.25) is 4.79 Å². The number of halogens is 4. The number of anilines is 2. The normalized spacial score (nSPS) is 17.1. The lowest BCUT2D eigenvalue weighted by Gasteiger charge is -2.35. The van der Waals surface area contributed by atoms with Crippen molar-refractivity contribution in [3.63, 3.8) is 0 Å². The van der Waals surface area contributed by atoms with Crippen LogP contribution in [0.15, 0.2) is 43.1 Å². The van der Waals surface area contributed by atoms with E-state index >= 15 is 0 Å². The molecule has 0 radical (unpaired) electrons. The number of aromatic nitrogens is 2. The molecule has 5 nitrogen and oxygen atoms in total. The highest BCUT2D eigenvalue weighted by molar-refractivity contribution is 5.87. The summed E-state index contributed by atoms with van der Waals surface area (Å²) in [7, 11) is 0. The van der Waals surface area contributed by atoms with Crippen LogP contribution < -0.4 is 10.2 Å². The van der Waals surface area contributed by atoms with Crippen LogP contribution in [0.3, 0.4) is 0 Å². The first kappa shape index (κ1) is 17.0. The fourth-order valence-corrected chi connectivity index (χ4v) is 2.75. The van der Waals surface area contributed by atoms with Crippen molar-refractivity contribution in [1.29, 1.82) is 0 Å². The highest BCUT2D eigenvalue weighted by Crippen LogP contribution is 2.35. The second kappa shape index (κ2) is 6.23. The summed E-state index contributed by atoms with van der Waals surface area (Å²) in [4.78, 5) is 13.0. The van der Waals surface area contributed by atoms with Crippen LogP contribution in [0.4, 0.5) is 29.1 Å². The second-order valence-electron chi connectivity index (χ2n) is 5.56. The number of carbonyl (C=O) groups excluding carboxylic acids is 1. The Morgan fingerprint density at radius 1 is 1.32 bits per heavy atom. The quantitative estimate of drug-likeness (QED) is 0.681. The Morgan fingerprint density at radius 2 is 2.08 bits per heavy atom. The molecule has 0 saturated heterocycles. The first-order valence-corrected chi connectivity index (χ1v) is 7.38. The standard InChI is InChI=1S/C16H14F4N4O/c1-2-14(25)22-11-8-23(15-5-6-21-24(15)9-11)13-4-3-10(7-12(13)17)16(18,19)20/h2-7,11H,1,8-9H2,(H,22,25)/t11-/m1/s1. The fourth-order valence-electron chi connectivity index (χ4n) is 2.75. The maximum absolute atomic E-state index is 14.3. The molecule has 1 amide bonds. The molecular weight excluding hydrogens is 340 g/mol. The first-order valence-electron chi connectivity index (χ1n) is 7.38. The van der Waals surface area contributed by atoms with Crippen molar-refractivity contribution in [1.82, 2.24) is 15.1 Å². The van der Waals surface area contributed by atoms with Crippen molar-refractivity contribution in [2.75, 3.05) is 11.4 Å². The van der Waals surface area contributed by atoms with Gasteiger partial charge in [0.15, 0.2) is 0 Å². The molecule has 1 aromatic heterocycles. The molecule has 0 aliphatic carbocycles. The van der Waals surface area contributed by atoms with E-state index in [1.54, 1.807) is 10.7 Å².